The molecule has 5 nitrogen and oxygen atoms in total. The molecular weight excluding hydrogens is 227 g/mol. The van der Waals surface area contributed by atoms with E-state index in [4.69, 9.17) is 9.26 Å². The highest BCUT2D eigenvalue weighted by atomic mass is 19.1. The summed E-state index contributed by atoms with van der Waals surface area (Å²) in [6, 6.07) is 4.11. The number of hydrogen-bond donors (Lipinski definition) is 0. The zero-order valence-corrected chi connectivity index (χ0v) is 9.01. The third kappa shape index (κ3) is 2.47. The van der Waals surface area contributed by atoms with E-state index in [-0.39, 0.29) is 23.8 Å². The van der Waals surface area contributed by atoms with Gasteiger partial charge < -0.3 is 9.26 Å². The first-order chi connectivity index (χ1) is 8.20. The Balaban J connectivity index is 2.16. The van der Waals surface area contributed by atoms with Gasteiger partial charge in [-0.2, -0.15) is 4.98 Å². The highest BCUT2D eigenvalue weighted by molar-refractivity contribution is 5.79. The van der Waals surface area contributed by atoms with E-state index in [0.29, 0.717) is 12.1 Å². The van der Waals surface area contributed by atoms with Gasteiger partial charge in [-0.25, -0.2) is 4.39 Å². The van der Waals surface area contributed by atoms with Crippen LogP contribution in [0, 0.1) is 12.7 Å². The highest BCUT2D eigenvalue weighted by Gasteiger charge is 2.11. The molecule has 0 fully saturated rings. The van der Waals surface area contributed by atoms with E-state index in [9.17, 15) is 9.18 Å². The van der Waals surface area contributed by atoms with Crippen LogP contribution < -0.4 is 4.74 Å². The van der Waals surface area contributed by atoms with E-state index in [1.165, 1.54) is 18.2 Å². The number of nitrogens with zero attached hydrogens (tertiary/aromatic N) is 2. The Bertz CT molecular complexity index is 539. The molecule has 1 heterocycles. The number of halogens is 1. The summed E-state index contributed by atoms with van der Waals surface area (Å²) in [5.74, 6) is -0.0282. The minimum Gasteiger partial charge on any atom is -0.480 e. The summed E-state index contributed by atoms with van der Waals surface area (Å²) in [5.41, 5.74) is 0.140. The normalized spacial score (nSPS) is 10.2. The summed E-state index contributed by atoms with van der Waals surface area (Å²) in [4.78, 5) is 14.6. The van der Waals surface area contributed by atoms with Crippen LogP contribution in [0.2, 0.25) is 0 Å². The van der Waals surface area contributed by atoms with Gasteiger partial charge in [0.25, 0.3) is 5.89 Å². The van der Waals surface area contributed by atoms with Crippen molar-refractivity contribution in [3.8, 4) is 5.75 Å². The lowest BCUT2D eigenvalue weighted by Gasteiger charge is -2.06. The minimum atomic E-state index is -0.606. The maximum absolute atomic E-state index is 13.4. The fourth-order valence-electron chi connectivity index (χ4n) is 1.30. The highest BCUT2D eigenvalue weighted by Crippen LogP contribution is 2.21. The number of benzene rings is 1. The minimum absolute atomic E-state index is 0.0807. The summed E-state index contributed by atoms with van der Waals surface area (Å²) < 4.78 is 23.4. The number of rotatable bonds is 4. The van der Waals surface area contributed by atoms with Crippen LogP contribution >= 0.6 is 0 Å². The number of hydrogen-bond acceptors (Lipinski definition) is 5. The smallest absolute Gasteiger partial charge is 0.264 e. The lowest BCUT2D eigenvalue weighted by atomic mass is 10.2. The third-order valence-electron chi connectivity index (χ3n) is 2.03. The molecule has 0 amide bonds. The van der Waals surface area contributed by atoms with Gasteiger partial charge in [0.15, 0.2) is 30.3 Å². The summed E-state index contributed by atoms with van der Waals surface area (Å²) >= 11 is 0. The fraction of sp³-hybridized carbons (Fsp3) is 0.182. The third-order valence-corrected chi connectivity index (χ3v) is 2.03. The zero-order chi connectivity index (χ0) is 12.3. The van der Waals surface area contributed by atoms with Crippen molar-refractivity contribution in [3.63, 3.8) is 0 Å². The molecular formula is C11H9FN2O3. The van der Waals surface area contributed by atoms with E-state index >= 15 is 0 Å². The van der Waals surface area contributed by atoms with E-state index in [1.807, 2.05) is 0 Å². The van der Waals surface area contributed by atoms with Crippen molar-refractivity contribution < 1.29 is 18.4 Å². The summed E-state index contributed by atoms with van der Waals surface area (Å²) in [6.07, 6.45) is 0.525. The number of aryl methyl sites for hydroxylation is 1. The van der Waals surface area contributed by atoms with E-state index < -0.39 is 5.82 Å². The van der Waals surface area contributed by atoms with Gasteiger partial charge in [-0.05, 0) is 19.1 Å². The molecule has 0 radical (unpaired) electrons. The van der Waals surface area contributed by atoms with Crippen LogP contribution in [-0.4, -0.2) is 16.4 Å². The van der Waals surface area contributed by atoms with Crippen LogP contribution in [0.1, 0.15) is 22.1 Å². The number of para-hydroxylation sites is 1. The predicted molar refractivity (Wildman–Crippen MR) is 55.2 cm³/mol. The molecule has 2 rings (SSSR count). The first-order valence-electron chi connectivity index (χ1n) is 4.86. The molecule has 0 aliphatic carbocycles. The van der Waals surface area contributed by atoms with Gasteiger partial charge in [-0.15, -0.1) is 0 Å². The van der Waals surface area contributed by atoms with Gasteiger partial charge >= 0.3 is 0 Å². The van der Waals surface area contributed by atoms with Crippen LogP contribution in [0.5, 0.6) is 5.75 Å². The summed E-state index contributed by atoms with van der Waals surface area (Å²) in [6.45, 7) is 1.58. The van der Waals surface area contributed by atoms with E-state index in [1.54, 1.807) is 6.92 Å². The summed E-state index contributed by atoms with van der Waals surface area (Å²) in [5, 5.41) is 3.56. The zero-order valence-electron chi connectivity index (χ0n) is 9.01. The van der Waals surface area contributed by atoms with Gasteiger partial charge in [-0.1, -0.05) is 11.2 Å². The second-order valence-electron chi connectivity index (χ2n) is 3.30. The fourth-order valence-corrected chi connectivity index (χ4v) is 1.30. The molecule has 0 aliphatic heterocycles. The topological polar surface area (TPSA) is 65.2 Å². The lowest BCUT2D eigenvalue weighted by molar-refractivity contribution is 0.111. The molecule has 1 aromatic carbocycles. The van der Waals surface area contributed by atoms with Crippen LogP contribution in [0.15, 0.2) is 22.7 Å². The van der Waals surface area contributed by atoms with Gasteiger partial charge in [0.1, 0.15) is 0 Å². The van der Waals surface area contributed by atoms with Gasteiger partial charge in [0.05, 0.1) is 5.56 Å². The second kappa shape index (κ2) is 4.73. The molecule has 2 aromatic rings. The van der Waals surface area contributed by atoms with E-state index in [2.05, 4.69) is 10.1 Å². The monoisotopic (exact) mass is 236 g/mol. The molecule has 17 heavy (non-hydrogen) atoms. The molecule has 6 heteroatoms. The molecule has 0 unspecified atom stereocenters. The Labute approximate surface area is 96.2 Å². The average Bonchev–Trinajstić information content (AvgIpc) is 2.73. The van der Waals surface area contributed by atoms with Crippen LogP contribution in [0.25, 0.3) is 0 Å². The number of ether oxygens (including phenoxy) is 1. The SMILES string of the molecule is Cc1noc(COc2c(F)cccc2C=O)n1. The lowest BCUT2D eigenvalue weighted by Crippen LogP contribution is -2.01. The van der Waals surface area contributed by atoms with E-state index in [0.717, 1.165) is 0 Å². The maximum atomic E-state index is 13.4. The molecule has 0 aliphatic rings. The molecule has 0 bridgehead atoms. The Hall–Kier alpha value is -2.24. The molecule has 0 N–H and O–H groups in total. The van der Waals surface area contributed by atoms with Crippen molar-refractivity contribution in [1.29, 1.82) is 0 Å². The Kier molecular flexibility index (Phi) is 3.13. The van der Waals surface area contributed by atoms with Crippen molar-refractivity contribution in [2.45, 2.75) is 13.5 Å². The molecule has 0 spiro atoms. The maximum Gasteiger partial charge on any atom is 0.264 e. The van der Waals surface area contributed by atoms with Crippen molar-refractivity contribution in [1.82, 2.24) is 10.1 Å². The van der Waals surface area contributed by atoms with Crippen molar-refractivity contribution in [2.75, 3.05) is 0 Å². The average molecular weight is 236 g/mol. The van der Waals surface area contributed by atoms with Gasteiger partial charge in [-0.3, -0.25) is 4.79 Å². The van der Waals surface area contributed by atoms with Crippen molar-refractivity contribution in [3.05, 3.63) is 41.3 Å². The number of aldehydes is 1. The number of carbonyl (C=O) groups excluding carboxylic acids is 1. The molecule has 0 saturated heterocycles. The van der Waals surface area contributed by atoms with Crippen molar-refractivity contribution >= 4 is 6.29 Å². The standard InChI is InChI=1S/C11H9FN2O3/c1-7-13-10(17-14-7)6-16-11-8(5-15)3-2-4-9(11)12/h2-5H,6H2,1H3. The quantitative estimate of drug-likeness (QED) is 0.758. The second-order valence-corrected chi connectivity index (χ2v) is 3.30. The Morgan fingerprint density at radius 1 is 1.53 bits per heavy atom. The molecule has 1 aromatic heterocycles. The van der Waals surface area contributed by atoms with Gasteiger partial charge in [0.2, 0.25) is 0 Å². The van der Waals surface area contributed by atoms with Crippen LogP contribution in [0.4, 0.5) is 4.39 Å². The number of aromatic nitrogens is 2. The van der Waals surface area contributed by atoms with Crippen molar-refractivity contribution in [2.24, 2.45) is 0 Å². The molecule has 0 atom stereocenters. The largest absolute Gasteiger partial charge is 0.480 e. The summed E-state index contributed by atoms with van der Waals surface area (Å²) in [7, 11) is 0. The Morgan fingerprint density at radius 2 is 2.35 bits per heavy atom. The first-order valence-corrected chi connectivity index (χ1v) is 4.86. The molecule has 88 valence electrons. The van der Waals surface area contributed by atoms with Gasteiger partial charge in [0, 0.05) is 0 Å². The van der Waals surface area contributed by atoms with Crippen LogP contribution in [0.3, 0.4) is 0 Å². The number of carbonyl (C=O) groups is 1. The van der Waals surface area contributed by atoms with Crippen LogP contribution in [-0.2, 0) is 6.61 Å². The first kappa shape index (κ1) is 11.3. The molecule has 0 saturated carbocycles. The Morgan fingerprint density at radius 3 is 3.00 bits per heavy atom. The predicted octanol–water partition coefficient (Wildman–Crippen LogP) is 1.91.